The minimum absolute atomic E-state index is 0.0967. The maximum absolute atomic E-state index is 12.2. The van der Waals surface area contributed by atoms with Crippen molar-refractivity contribution in [2.45, 2.75) is 32.6 Å². The van der Waals surface area contributed by atoms with Crippen LogP contribution in [-0.4, -0.2) is 19.6 Å². The normalized spacial score (nSPS) is 12.0. The lowest BCUT2D eigenvalue weighted by Gasteiger charge is -2.22. The van der Waals surface area contributed by atoms with Gasteiger partial charge in [-0.25, -0.2) is 0 Å². The van der Waals surface area contributed by atoms with Gasteiger partial charge in [-0.05, 0) is 35.6 Å². The van der Waals surface area contributed by atoms with Gasteiger partial charge in [0.1, 0.15) is 5.75 Å². The van der Waals surface area contributed by atoms with E-state index in [1.165, 1.54) is 5.56 Å². The molecule has 1 N–H and O–H groups in total. The number of benzene rings is 2. The summed E-state index contributed by atoms with van der Waals surface area (Å²) in [4.78, 5) is 12.2. The lowest BCUT2D eigenvalue weighted by molar-refractivity contribution is -0.121. The number of amides is 1. The van der Waals surface area contributed by atoms with Gasteiger partial charge in [-0.3, -0.25) is 4.79 Å². The molecule has 0 bridgehead atoms. The summed E-state index contributed by atoms with van der Waals surface area (Å²) in [5, 5.41) is 3.09. The minimum atomic E-state index is 0.0967. The Labute approximate surface area is 145 Å². The van der Waals surface area contributed by atoms with Crippen LogP contribution in [0, 0.1) is 5.92 Å². The SMILES string of the molecule is COc1cccc(CCC(=O)NCC(c2ccccc2)C(C)C)c1. The van der Waals surface area contributed by atoms with Gasteiger partial charge in [0.05, 0.1) is 7.11 Å². The molecule has 0 saturated carbocycles. The van der Waals surface area contributed by atoms with Gasteiger partial charge in [-0.2, -0.15) is 0 Å². The Balaban J connectivity index is 1.85. The van der Waals surface area contributed by atoms with Crippen molar-refractivity contribution in [1.29, 1.82) is 0 Å². The molecule has 24 heavy (non-hydrogen) atoms. The van der Waals surface area contributed by atoms with Crippen molar-refractivity contribution in [1.82, 2.24) is 5.32 Å². The molecule has 0 saturated heterocycles. The lowest BCUT2D eigenvalue weighted by atomic mass is 9.88. The average molecular weight is 325 g/mol. The number of rotatable bonds is 8. The molecule has 0 aliphatic carbocycles. The van der Waals surface area contributed by atoms with Crippen LogP contribution in [0.5, 0.6) is 5.75 Å². The number of ether oxygens (including phenoxy) is 1. The van der Waals surface area contributed by atoms with Gasteiger partial charge < -0.3 is 10.1 Å². The number of nitrogens with one attached hydrogen (secondary N) is 1. The second-order valence-electron chi connectivity index (χ2n) is 6.42. The molecule has 3 heteroatoms. The topological polar surface area (TPSA) is 38.3 Å². The first-order valence-corrected chi connectivity index (χ1v) is 8.54. The molecule has 1 unspecified atom stereocenters. The monoisotopic (exact) mass is 325 g/mol. The Morgan fingerprint density at radius 1 is 1.08 bits per heavy atom. The summed E-state index contributed by atoms with van der Waals surface area (Å²) < 4.78 is 5.22. The van der Waals surface area contributed by atoms with Gasteiger partial charge in [0.25, 0.3) is 0 Å². The van der Waals surface area contributed by atoms with E-state index in [1.807, 2.05) is 30.3 Å². The summed E-state index contributed by atoms with van der Waals surface area (Å²) in [5.41, 5.74) is 2.40. The molecule has 1 amide bonds. The first kappa shape index (κ1) is 18.1. The maximum atomic E-state index is 12.2. The van der Waals surface area contributed by atoms with E-state index in [1.54, 1.807) is 7.11 Å². The molecule has 1 atom stereocenters. The third-order valence-electron chi connectivity index (χ3n) is 4.33. The molecule has 0 heterocycles. The summed E-state index contributed by atoms with van der Waals surface area (Å²) in [6, 6.07) is 18.3. The Morgan fingerprint density at radius 3 is 2.50 bits per heavy atom. The highest BCUT2D eigenvalue weighted by atomic mass is 16.5. The van der Waals surface area contributed by atoms with Gasteiger partial charge in [0.15, 0.2) is 0 Å². The van der Waals surface area contributed by atoms with Crippen LogP contribution in [0.2, 0.25) is 0 Å². The molecule has 0 fully saturated rings. The van der Waals surface area contributed by atoms with Crippen molar-refractivity contribution >= 4 is 5.91 Å². The first-order valence-electron chi connectivity index (χ1n) is 8.54. The average Bonchev–Trinajstić information content (AvgIpc) is 2.61. The van der Waals surface area contributed by atoms with E-state index in [0.29, 0.717) is 24.8 Å². The predicted octanol–water partition coefficient (Wildman–Crippen LogP) is 4.18. The van der Waals surface area contributed by atoms with Crippen molar-refractivity contribution in [3.05, 3.63) is 65.7 Å². The molecule has 2 rings (SSSR count). The number of carbonyl (C=O) groups is 1. The molecule has 0 radical (unpaired) electrons. The van der Waals surface area contributed by atoms with Gasteiger partial charge in [-0.15, -0.1) is 0 Å². The van der Waals surface area contributed by atoms with Crippen molar-refractivity contribution < 1.29 is 9.53 Å². The summed E-state index contributed by atoms with van der Waals surface area (Å²) in [5.74, 6) is 1.74. The molecule has 0 aliphatic heterocycles. The number of carbonyl (C=O) groups excluding carboxylic acids is 1. The molecular weight excluding hydrogens is 298 g/mol. The van der Waals surface area contributed by atoms with E-state index < -0.39 is 0 Å². The highest BCUT2D eigenvalue weighted by Crippen LogP contribution is 2.23. The zero-order chi connectivity index (χ0) is 17.4. The van der Waals surface area contributed by atoms with Crippen LogP contribution < -0.4 is 10.1 Å². The van der Waals surface area contributed by atoms with Gasteiger partial charge in [0, 0.05) is 18.9 Å². The summed E-state index contributed by atoms with van der Waals surface area (Å²) in [7, 11) is 1.65. The molecule has 0 aromatic heterocycles. The highest BCUT2D eigenvalue weighted by Gasteiger charge is 2.16. The molecule has 3 nitrogen and oxygen atoms in total. The quantitative estimate of drug-likeness (QED) is 0.790. The standard InChI is InChI=1S/C21H27NO2/c1-16(2)20(18-9-5-4-6-10-18)15-22-21(23)13-12-17-8-7-11-19(14-17)24-3/h4-11,14,16,20H,12-13,15H2,1-3H3,(H,22,23). The number of hydrogen-bond acceptors (Lipinski definition) is 2. The van der Waals surface area contributed by atoms with Gasteiger partial charge >= 0.3 is 0 Å². The Morgan fingerprint density at radius 2 is 1.83 bits per heavy atom. The minimum Gasteiger partial charge on any atom is -0.497 e. The van der Waals surface area contributed by atoms with Crippen LogP contribution in [0.1, 0.15) is 37.3 Å². The lowest BCUT2D eigenvalue weighted by Crippen LogP contribution is -2.30. The van der Waals surface area contributed by atoms with E-state index in [-0.39, 0.29) is 5.91 Å². The van der Waals surface area contributed by atoms with Crippen LogP contribution >= 0.6 is 0 Å². The molecule has 2 aromatic carbocycles. The van der Waals surface area contributed by atoms with Crippen LogP contribution in [0.25, 0.3) is 0 Å². The molecule has 128 valence electrons. The van der Waals surface area contributed by atoms with Crippen LogP contribution in [0.4, 0.5) is 0 Å². The molecular formula is C21H27NO2. The van der Waals surface area contributed by atoms with E-state index >= 15 is 0 Å². The Kier molecular flexibility index (Phi) is 6.86. The van der Waals surface area contributed by atoms with Crippen molar-refractivity contribution in [2.75, 3.05) is 13.7 Å². The van der Waals surface area contributed by atoms with E-state index in [2.05, 4.69) is 43.4 Å². The van der Waals surface area contributed by atoms with E-state index in [9.17, 15) is 4.79 Å². The summed E-state index contributed by atoms with van der Waals surface area (Å²) in [6.07, 6.45) is 1.22. The maximum Gasteiger partial charge on any atom is 0.220 e. The number of aryl methyl sites for hydroxylation is 1. The van der Waals surface area contributed by atoms with Crippen LogP contribution in [-0.2, 0) is 11.2 Å². The third-order valence-corrected chi connectivity index (χ3v) is 4.33. The smallest absolute Gasteiger partial charge is 0.220 e. The summed E-state index contributed by atoms with van der Waals surface area (Å²) in [6.45, 7) is 5.07. The van der Waals surface area contributed by atoms with E-state index in [4.69, 9.17) is 4.74 Å². The fraction of sp³-hybridized carbons (Fsp3) is 0.381. The predicted molar refractivity (Wildman–Crippen MR) is 98.3 cm³/mol. The number of hydrogen-bond donors (Lipinski definition) is 1. The molecule has 0 spiro atoms. The molecule has 0 aliphatic rings. The Bertz CT molecular complexity index is 637. The molecule has 2 aromatic rings. The fourth-order valence-corrected chi connectivity index (χ4v) is 2.84. The van der Waals surface area contributed by atoms with Gasteiger partial charge in [0.2, 0.25) is 5.91 Å². The van der Waals surface area contributed by atoms with Crippen LogP contribution in [0.15, 0.2) is 54.6 Å². The van der Waals surface area contributed by atoms with E-state index in [0.717, 1.165) is 17.7 Å². The van der Waals surface area contributed by atoms with Crippen molar-refractivity contribution in [3.8, 4) is 5.75 Å². The fourth-order valence-electron chi connectivity index (χ4n) is 2.84. The number of methoxy groups -OCH3 is 1. The van der Waals surface area contributed by atoms with Gasteiger partial charge in [-0.1, -0.05) is 56.3 Å². The Hall–Kier alpha value is -2.29. The second kappa shape index (κ2) is 9.11. The zero-order valence-electron chi connectivity index (χ0n) is 14.8. The third kappa shape index (κ3) is 5.41. The van der Waals surface area contributed by atoms with Crippen molar-refractivity contribution in [2.24, 2.45) is 5.92 Å². The highest BCUT2D eigenvalue weighted by molar-refractivity contribution is 5.76. The summed E-state index contributed by atoms with van der Waals surface area (Å²) >= 11 is 0. The first-order chi connectivity index (χ1) is 11.6. The zero-order valence-corrected chi connectivity index (χ0v) is 14.8. The van der Waals surface area contributed by atoms with Crippen LogP contribution in [0.3, 0.4) is 0 Å². The van der Waals surface area contributed by atoms with Crippen molar-refractivity contribution in [3.63, 3.8) is 0 Å². The second-order valence-corrected chi connectivity index (χ2v) is 6.42. The largest absolute Gasteiger partial charge is 0.497 e.